The molecule has 8 nitrogen and oxygen atoms in total. The molecule has 2 aromatic rings. The first-order chi connectivity index (χ1) is 16.0. The van der Waals surface area contributed by atoms with Gasteiger partial charge in [0.1, 0.15) is 19.3 Å². The summed E-state index contributed by atoms with van der Waals surface area (Å²) in [5.74, 6) is -1.15. The van der Waals surface area contributed by atoms with Gasteiger partial charge in [0, 0.05) is 12.5 Å². The van der Waals surface area contributed by atoms with Gasteiger partial charge in [-0.3, -0.25) is 0 Å². The van der Waals surface area contributed by atoms with Crippen molar-refractivity contribution < 1.29 is 29.0 Å². The number of unbranched alkanes of at least 4 members (excludes halogenated alkanes) is 1. The number of fused-ring (bicyclic) bond motifs is 3. The van der Waals surface area contributed by atoms with Crippen LogP contribution in [0.2, 0.25) is 0 Å². The van der Waals surface area contributed by atoms with E-state index in [-0.39, 0.29) is 25.6 Å². The number of nitrogens with one attached hydrogen (secondary N) is 2. The van der Waals surface area contributed by atoms with E-state index in [1.54, 1.807) is 0 Å². The van der Waals surface area contributed by atoms with Crippen LogP contribution in [0.4, 0.5) is 9.59 Å². The summed E-state index contributed by atoms with van der Waals surface area (Å²) in [6.07, 6.45) is 1.31. The topological polar surface area (TPSA) is 114 Å². The fourth-order valence-corrected chi connectivity index (χ4v) is 3.89. The van der Waals surface area contributed by atoms with Crippen molar-refractivity contribution in [2.75, 3.05) is 19.8 Å². The summed E-state index contributed by atoms with van der Waals surface area (Å²) in [6, 6.07) is 15.2. The lowest BCUT2D eigenvalue weighted by Crippen LogP contribution is -2.41. The van der Waals surface area contributed by atoms with Crippen molar-refractivity contribution in [1.82, 2.24) is 10.6 Å². The van der Waals surface area contributed by atoms with Gasteiger partial charge in [0.2, 0.25) is 0 Å². The van der Waals surface area contributed by atoms with E-state index in [1.165, 1.54) is 6.08 Å². The molecule has 0 heterocycles. The molecular weight excluding hydrogens is 424 g/mol. The van der Waals surface area contributed by atoms with Gasteiger partial charge in [-0.25, -0.2) is 14.4 Å². The third-order valence-electron chi connectivity index (χ3n) is 5.46. The second kappa shape index (κ2) is 11.7. The molecule has 0 radical (unpaired) electrons. The van der Waals surface area contributed by atoms with E-state index in [9.17, 15) is 19.5 Å². The van der Waals surface area contributed by atoms with E-state index in [4.69, 9.17) is 9.47 Å². The molecule has 174 valence electrons. The van der Waals surface area contributed by atoms with E-state index in [1.807, 2.05) is 24.3 Å². The Bertz CT molecular complexity index is 960. The van der Waals surface area contributed by atoms with E-state index in [2.05, 4.69) is 41.5 Å². The van der Waals surface area contributed by atoms with Crippen LogP contribution in [0.15, 0.2) is 61.2 Å². The SMILES string of the molecule is C=CCOC(=O)NC(CCCCNC(=O)OCC1c2ccccc2-c2ccccc21)C(=O)O. The van der Waals surface area contributed by atoms with Crippen molar-refractivity contribution in [3.8, 4) is 11.1 Å². The lowest BCUT2D eigenvalue weighted by atomic mass is 9.98. The monoisotopic (exact) mass is 452 g/mol. The molecule has 1 aliphatic carbocycles. The zero-order valence-electron chi connectivity index (χ0n) is 18.3. The number of ether oxygens (including phenoxy) is 2. The highest BCUT2D eigenvalue weighted by Crippen LogP contribution is 2.44. The molecule has 1 unspecified atom stereocenters. The molecule has 0 fully saturated rings. The number of carboxylic acids is 1. The van der Waals surface area contributed by atoms with Crippen molar-refractivity contribution in [3.05, 3.63) is 72.3 Å². The van der Waals surface area contributed by atoms with Gasteiger partial charge in [-0.2, -0.15) is 0 Å². The third kappa shape index (κ3) is 6.35. The lowest BCUT2D eigenvalue weighted by Gasteiger charge is -2.15. The number of hydrogen-bond donors (Lipinski definition) is 3. The smallest absolute Gasteiger partial charge is 0.408 e. The van der Waals surface area contributed by atoms with Gasteiger partial charge in [0.05, 0.1) is 0 Å². The Morgan fingerprint density at radius 1 is 0.970 bits per heavy atom. The standard InChI is InChI=1S/C25H28N2O6/c1-2-15-32-25(31)27-22(23(28)29)13-7-8-14-26-24(30)33-16-21-19-11-5-3-9-17(19)18-10-4-6-12-20(18)21/h2-6,9-12,21-22H,1,7-8,13-16H2,(H,26,30)(H,27,31)(H,28,29). The number of amides is 2. The van der Waals surface area contributed by atoms with Crippen LogP contribution >= 0.6 is 0 Å². The fraction of sp³-hybridized carbons (Fsp3) is 0.320. The second-order valence-corrected chi connectivity index (χ2v) is 7.67. The number of hydrogen-bond acceptors (Lipinski definition) is 5. The van der Waals surface area contributed by atoms with Crippen molar-refractivity contribution >= 4 is 18.2 Å². The van der Waals surface area contributed by atoms with Crippen LogP contribution in [0.25, 0.3) is 11.1 Å². The predicted octanol–water partition coefficient (Wildman–Crippen LogP) is 4.06. The summed E-state index contributed by atoms with van der Waals surface area (Å²) < 4.78 is 10.2. The molecule has 3 rings (SSSR count). The second-order valence-electron chi connectivity index (χ2n) is 7.67. The number of alkyl carbamates (subject to hydrolysis) is 2. The number of aliphatic carboxylic acids is 1. The predicted molar refractivity (Wildman–Crippen MR) is 123 cm³/mol. The van der Waals surface area contributed by atoms with Crippen LogP contribution in [0, 0.1) is 0 Å². The fourth-order valence-electron chi connectivity index (χ4n) is 3.89. The molecule has 2 amide bonds. The van der Waals surface area contributed by atoms with E-state index in [0.29, 0.717) is 19.4 Å². The molecule has 8 heteroatoms. The summed E-state index contributed by atoms with van der Waals surface area (Å²) in [5, 5.41) is 14.2. The van der Waals surface area contributed by atoms with Crippen molar-refractivity contribution in [2.45, 2.75) is 31.2 Å². The molecule has 0 aliphatic heterocycles. The normalized spacial score (nSPS) is 12.7. The summed E-state index contributed by atoms with van der Waals surface area (Å²) >= 11 is 0. The maximum absolute atomic E-state index is 12.2. The minimum Gasteiger partial charge on any atom is -0.480 e. The molecule has 0 aromatic heterocycles. The van der Waals surface area contributed by atoms with Gasteiger partial charge < -0.3 is 25.2 Å². The van der Waals surface area contributed by atoms with Crippen LogP contribution in [0.5, 0.6) is 0 Å². The van der Waals surface area contributed by atoms with Crippen molar-refractivity contribution in [1.29, 1.82) is 0 Å². The van der Waals surface area contributed by atoms with E-state index in [0.717, 1.165) is 22.3 Å². The van der Waals surface area contributed by atoms with Gasteiger partial charge in [0.15, 0.2) is 0 Å². The molecule has 1 atom stereocenters. The van der Waals surface area contributed by atoms with Crippen LogP contribution in [0.3, 0.4) is 0 Å². The number of carboxylic acid groups (broad SMARTS) is 1. The quantitative estimate of drug-likeness (QED) is 0.350. The van der Waals surface area contributed by atoms with Crippen LogP contribution in [-0.2, 0) is 14.3 Å². The first-order valence-electron chi connectivity index (χ1n) is 10.9. The Morgan fingerprint density at radius 3 is 2.21 bits per heavy atom. The Morgan fingerprint density at radius 2 is 1.61 bits per heavy atom. The molecule has 3 N–H and O–H groups in total. The number of rotatable bonds is 11. The highest BCUT2D eigenvalue weighted by Gasteiger charge is 2.29. The number of carbonyl (C=O) groups excluding carboxylic acids is 2. The molecule has 0 saturated carbocycles. The molecular formula is C25H28N2O6. The average molecular weight is 453 g/mol. The van der Waals surface area contributed by atoms with Gasteiger partial charge in [0.25, 0.3) is 0 Å². The van der Waals surface area contributed by atoms with Crippen LogP contribution in [-0.4, -0.2) is 49.1 Å². The summed E-state index contributed by atoms with van der Waals surface area (Å²) in [4.78, 5) is 35.0. The van der Waals surface area contributed by atoms with E-state index >= 15 is 0 Å². The zero-order chi connectivity index (χ0) is 23.6. The molecule has 0 spiro atoms. The van der Waals surface area contributed by atoms with Crippen molar-refractivity contribution in [3.63, 3.8) is 0 Å². The minimum atomic E-state index is -1.14. The van der Waals surface area contributed by atoms with Gasteiger partial charge in [-0.1, -0.05) is 61.2 Å². The molecule has 33 heavy (non-hydrogen) atoms. The Labute approximate surface area is 192 Å². The molecule has 1 aliphatic rings. The Kier molecular flexibility index (Phi) is 8.46. The highest BCUT2D eigenvalue weighted by atomic mass is 16.6. The maximum atomic E-state index is 12.2. The van der Waals surface area contributed by atoms with E-state index < -0.39 is 24.2 Å². The Balaban J connectivity index is 1.39. The van der Waals surface area contributed by atoms with Crippen molar-refractivity contribution in [2.24, 2.45) is 0 Å². The number of benzene rings is 2. The van der Waals surface area contributed by atoms with Crippen LogP contribution < -0.4 is 10.6 Å². The molecule has 0 bridgehead atoms. The molecule has 2 aromatic carbocycles. The maximum Gasteiger partial charge on any atom is 0.408 e. The average Bonchev–Trinajstić information content (AvgIpc) is 3.14. The van der Waals surface area contributed by atoms with Gasteiger partial charge >= 0.3 is 18.2 Å². The largest absolute Gasteiger partial charge is 0.480 e. The van der Waals surface area contributed by atoms with Gasteiger partial charge in [-0.05, 0) is 41.5 Å². The van der Waals surface area contributed by atoms with Crippen LogP contribution in [0.1, 0.15) is 36.3 Å². The zero-order valence-corrected chi connectivity index (χ0v) is 18.3. The first-order valence-corrected chi connectivity index (χ1v) is 10.9. The molecule has 0 saturated heterocycles. The summed E-state index contributed by atoms with van der Waals surface area (Å²) in [6.45, 7) is 3.99. The summed E-state index contributed by atoms with van der Waals surface area (Å²) in [7, 11) is 0. The third-order valence-corrected chi connectivity index (χ3v) is 5.46. The lowest BCUT2D eigenvalue weighted by molar-refractivity contribution is -0.139. The van der Waals surface area contributed by atoms with Gasteiger partial charge in [-0.15, -0.1) is 0 Å². The number of carbonyl (C=O) groups is 3. The minimum absolute atomic E-state index is 0.00221. The highest BCUT2D eigenvalue weighted by molar-refractivity contribution is 5.80. The summed E-state index contributed by atoms with van der Waals surface area (Å²) in [5.41, 5.74) is 4.62. The first kappa shape index (κ1) is 23.8. The Hall–Kier alpha value is -3.81.